The molecule has 4 aromatic rings. The Balaban J connectivity index is 1.42. The maximum Gasteiger partial charge on any atom is 0.338 e. The molecule has 0 aliphatic carbocycles. The van der Waals surface area contributed by atoms with E-state index in [-0.39, 0.29) is 17.9 Å². The minimum absolute atomic E-state index is 0.144. The van der Waals surface area contributed by atoms with Crippen LogP contribution >= 0.6 is 0 Å². The molecular weight excluding hydrogens is 548 g/mol. The van der Waals surface area contributed by atoms with E-state index >= 15 is 0 Å². The highest BCUT2D eigenvalue weighted by molar-refractivity contribution is 5.89. The summed E-state index contributed by atoms with van der Waals surface area (Å²) in [5, 5.41) is 0. The Kier molecular flexibility index (Phi) is 12.8. The maximum absolute atomic E-state index is 12.1. The normalized spacial score (nSPS) is 11.7. The number of esters is 2. The Morgan fingerprint density at radius 1 is 0.705 bits per heavy atom. The second kappa shape index (κ2) is 17.5. The summed E-state index contributed by atoms with van der Waals surface area (Å²) in [4.78, 5) is 23.9. The molecule has 0 saturated carbocycles. The summed E-state index contributed by atoms with van der Waals surface area (Å²) in [6.45, 7) is 4.87. The van der Waals surface area contributed by atoms with Gasteiger partial charge < -0.3 is 14.2 Å². The first kappa shape index (κ1) is 32.3. The molecule has 4 rings (SSSR count). The Hall–Kier alpha value is -4.64. The van der Waals surface area contributed by atoms with Crippen LogP contribution in [0.2, 0.25) is 0 Å². The number of hydrogen-bond acceptors (Lipinski definition) is 5. The largest absolute Gasteiger partial charge is 0.488 e. The van der Waals surface area contributed by atoms with Crippen molar-refractivity contribution in [2.45, 2.75) is 52.6 Å². The van der Waals surface area contributed by atoms with Crippen LogP contribution in [0.3, 0.4) is 0 Å². The fourth-order valence-corrected chi connectivity index (χ4v) is 5.04. The highest BCUT2D eigenvalue weighted by Gasteiger charge is 2.11. The molecule has 1 atom stereocenters. The van der Waals surface area contributed by atoms with E-state index in [1.165, 1.54) is 11.1 Å². The van der Waals surface area contributed by atoms with Crippen molar-refractivity contribution in [3.05, 3.63) is 131 Å². The van der Waals surface area contributed by atoms with Gasteiger partial charge in [0.25, 0.3) is 0 Å². The van der Waals surface area contributed by atoms with Crippen LogP contribution in [0.4, 0.5) is 0 Å². The van der Waals surface area contributed by atoms with Crippen LogP contribution in [0, 0.1) is 5.92 Å². The van der Waals surface area contributed by atoms with Gasteiger partial charge in [0.2, 0.25) is 0 Å². The molecule has 0 N–H and O–H groups in total. The molecule has 0 aliphatic heterocycles. The van der Waals surface area contributed by atoms with Crippen molar-refractivity contribution >= 4 is 18.0 Å². The van der Waals surface area contributed by atoms with Gasteiger partial charge in [0.15, 0.2) is 0 Å². The molecule has 0 fully saturated rings. The standard InChI is InChI=1S/C39H42O5/c1-3-42-38(40)17-11-8-12-30(28-31-19-26-36(27-20-31)39(41)43-4-2)18-25-35-15-9-10-16-37(35)44-29-32-21-23-34(24-22-32)33-13-6-5-7-14-33/h5-7,9-10,13-16,18-27,30H,3-4,8,11-12,17,28-29H2,1-2H3/b25-18+. The smallest absolute Gasteiger partial charge is 0.338 e. The van der Waals surface area contributed by atoms with E-state index in [0.717, 1.165) is 48.1 Å². The molecule has 0 saturated heterocycles. The number of rotatable bonds is 16. The molecule has 1 unspecified atom stereocenters. The molecule has 0 bridgehead atoms. The van der Waals surface area contributed by atoms with E-state index in [0.29, 0.717) is 31.8 Å². The number of ether oxygens (including phenoxy) is 3. The summed E-state index contributed by atoms with van der Waals surface area (Å²) >= 11 is 0. The van der Waals surface area contributed by atoms with Crippen LogP contribution in [-0.2, 0) is 27.3 Å². The minimum atomic E-state index is -0.307. The fourth-order valence-electron chi connectivity index (χ4n) is 5.04. The molecular formula is C39H42O5. The lowest BCUT2D eigenvalue weighted by molar-refractivity contribution is -0.143. The Labute approximate surface area is 261 Å². The van der Waals surface area contributed by atoms with Crippen LogP contribution in [0.25, 0.3) is 17.2 Å². The molecule has 5 nitrogen and oxygen atoms in total. The van der Waals surface area contributed by atoms with E-state index in [4.69, 9.17) is 14.2 Å². The number of allylic oxidation sites excluding steroid dienone is 1. The molecule has 0 spiro atoms. The average molecular weight is 591 g/mol. The van der Waals surface area contributed by atoms with E-state index in [1.807, 2.05) is 67.6 Å². The number of unbranched alkanes of at least 4 members (excludes halogenated alkanes) is 1. The zero-order valence-corrected chi connectivity index (χ0v) is 25.7. The molecule has 0 radical (unpaired) electrons. The maximum atomic E-state index is 12.1. The molecule has 0 aliphatic rings. The number of benzene rings is 4. The van der Waals surface area contributed by atoms with Crippen LogP contribution in [0.15, 0.2) is 109 Å². The van der Waals surface area contributed by atoms with Crippen molar-refractivity contribution in [3.63, 3.8) is 0 Å². The topological polar surface area (TPSA) is 61.8 Å². The molecule has 4 aromatic carbocycles. The third-order valence-corrected chi connectivity index (χ3v) is 7.40. The van der Waals surface area contributed by atoms with Gasteiger partial charge in [0.1, 0.15) is 12.4 Å². The molecule has 0 aromatic heterocycles. The van der Waals surface area contributed by atoms with E-state index in [2.05, 4.69) is 54.6 Å². The molecule has 44 heavy (non-hydrogen) atoms. The van der Waals surface area contributed by atoms with Crippen LogP contribution in [-0.4, -0.2) is 25.2 Å². The first-order chi connectivity index (χ1) is 21.6. The Morgan fingerprint density at radius 2 is 1.36 bits per heavy atom. The lowest BCUT2D eigenvalue weighted by Crippen LogP contribution is -2.06. The van der Waals surface area contributed by atoms with Gasteiger partial charge in [-0.15, -0.1) is 0 Å². The quantitative estimate of drug-likeness (QED) is 0.0962. The van der Waals surface area contributed by atoms with E-state index in [9.17, 15) is 9.59 Å². The predicted molar refractivity (Wildman–Crippen MR) is 176 cm³/mol. The van der Waals surface area contributed by atoms with Gasteiger partial charge in [-0.3, -0.25) is 4.79 Å². The highest BCUT2D eigenvalue weighted by atomic mass is 16.5. The van der Waals surface area contributed by atoms with Gasteiger partial charge in [-0.05, 0) is 79.5 Å². The zero-order valence-electron chi connectivity index (χ0n) is 25.7. The fraction of sp³-hybridized carbons (Fsp3) is 0.282. The molecule has 5 heteroatoms. The van der Waals surface area contributed by atoms with Crippen molar-refractivity contribution < 1.29 is 23.8 Å². The summed E-state index contributed by atoms with van der Waals surface area (Å²) in [6.07, 6.45) is 8.24. The van der Waals surface area contributed by atoms with Crippen molar-refractivity contribution in [2.75, 3.05) is 13.2 Å². The van der Waals surface area contributed by atoms with Gasteiger partial charge in [-0.25, -0.2) is 4.79 Å². The van der Waals surface area contributed by atoms with Crippen molar-refractivity contribution in [2.24, 2.45) is 5.92 Å². The lowest BCUT2D eigenvalue weighted by atomic mass is 9.92. The monoisotopic (exact) mass is 590 g/mol. The van der Waals surface area contributed by atoms with Gasteiger partial charge in [0, 0.05) is 12.0 Å². The molecule has 0 heterocycles. The highest BCUT2D eigenvalue weighted by Crippen LogP contribution is 2.25. The lowest BCUT2D eigenvalue weighted by Gasteiger charge is -2.15. The summed E-state index contributed by atoms with van der Waals surface area (Å²) in [5.74, 6) is 0.619. The molecule has 0 amide bonds. The van der Waals surface area contributed by atoms with Crippen molar-refractivity contribution in [1.29, 1.82) is 0 Å². The first-order valence-electron chi connectivity index (χ1n) is 15.5. The third kappa shape index (κ3) is 10.3. The zero-order chi connectivity index (χ0) is 31.0. The minimum Gasteiger partial charge on any atom is -0.488 e. The average Bonchev–Trinajstić information content (AvgIpc) is 3.06. The second-order valence-electron chi connectivity index (χ2n) is 10.7. The summed E-state index contributed by atoms with van der Waals surface area (Å²) in [6, 6.07) is 34.5. The summed E-state index contributed by atoms with van der Waals surface area (Å²) in [7, 11) is 0. The molecule has 228 valence electrons. The second-order valence-corrected chi connectivity index (χ2v) is 10.7. The van der Waals surface area contributed by atoms with Gasteiger partial charge in [0.05, 0.1) is 18.8 Å². The number of carbonyl (C=O) groups excluding carboxylic acids is 2. The number of hydrogen-bond donors (Lipinski definition) is 0. The van der Waals surface area contributed by atoms with Crippen molar-refractivity contribution in [3.8, 4) is 16.9 Å². The Morgan fingerprint density at radius 3 is 2.09 bits per heavy atom. The van der Waals surface area contributed by atoms with Crippen LogP contribution < -0.4 is 4.74 Å². The van der Waals surface area contributed by atoms with Gasteiger partial charge in [-0.1, -0.05) is 104 Å². The van der Waals surface area contributed by atoms with E-state index in [1.54, 1.807) is 6.92 Å². The van der Waals surface area contributed by atoms with Crippen LogP contribution in [0.5, 0.6) is 5.75 Å². The summed E-state index contributed by atoms with van der Waals surface area (Å²) < 4.78 is 16.5. The van der Waals surface area contributed by atoms with Gasteiger partial charge >= 0.3 is 11.9 Å². The Bertz CT molecular complexity index is 1470. The van der Waals surface area contributed by atoms with Gasteiger partial charge in [-0.2, -0.15) is 0 Å². The third-order valence-electron chi connectivity index (χ3n) is 7.40. The van der Waals surface area contributed by atoms with E-state index < -0.39 is 0 Å². The number of para-hydroxylation sites is 1. The first-order valence-corrected chi connectivity index (χ1v) is 15.5. The summed E-state index contributed by atoms with van der Waals surface area (Å²) in [5.41, 5.74) is 6.19. The van der Waals surface area contributed by atoms with Crippen LogP contribution in [0.1, 0.15) is 66.6 Å². The SMILES string of the molecule is CCOC(=O)CCCCC(/C=C/c1ccccc1OCc1ccc(-c2ccccc2)cc1)Cc1ccc(C(=O)OCC)cc1. The number of carbonyl (C=O) groups is 2. The van der Waals surface area contributed by atoms with Crippen molar-refractivity contribution in [1.82, 2.24) is 0 Å². The predicted octanol–water partition coefficient (Wildman–Crippen LogP) is 9.10.